The smallest absolute Gasteiger partial charge is 0.262 e. The van der Waals surface area contributed by atoms with Gasteiger partial charge in [0, 0.05) is 11.6 Å². The summed E-state index contributed by atoms with van der Waals surface area (Å²) in [5.74, 6) is -0.276. The average molecular weight is 360 g/mol. The number of benzene rings is 2. The quantitative estimate of drug-likeness (QED) is 0.826. The molecule has 134 valence electrons. The minimum atomic E-state index is -3.79. The SMILES string of the molecule is CC[C@@H](C)NC(=O)c1ccc(C)c(S(=O)(=O)Nc2ccccc2C)c1. The van der Waals surface area contributed by atoms with Gasteiger partial charge in [0.1, 0.15) is 0 Å². The van der Waals surface area contributed by atoms with Crippen molar-refractivity contribution in [3.63, 3.8) is 0 Å². The lowest BCUT2D eigenvalue weighted by Gasteiger charge is -2.15. The van der Waals surface area contributed by atoms with Crippen molar-refractivity contribution >= 4 is 21.6 Å². The molecule has 0 saturated heterocycles. The van der Waals surface area contributed by atoms with Gasteiger partial charge < -0.3 is 5.32 Å². The highest BCUT2D eigenvalue weighted by molar-refractivity contribution is 7.92. The van der Waals surface area contributed by atoms with Crippen LogP contribution in [-0.4, -0.2) is 20.4 Å². The molecule has 0 saturated carbocycles. The Labute approximate surface area is 149 Å². The van der Waals surface area contributed by atoms with E-state index in [1.165, 1.54) is 6.07 Å². The summed E-state index contributed by atoms with van der Waals surface area (Å²) in [5, 5.41) is 2.85. The van der Waals surface area contributed by atoms with Gasteiger partial charge >= 0.3 is 0 Å². The molecule has 0 heterocycles. The second-order valence-electron chi connectivity index (χ2n) is 6.18. The standard InChI is InChI=1S/C19H24N2O3S/c1-5-15(4)20-19(22)16-11-10-14(3)18(12-16)25(23,24)21-17-9-7-6-8-13(17)2/h6-12,15,21H,5H2,1-4H3,(H,20,22)/t15-/m1/s1. The molecule has 2 aromatic rings. The summed E-state index contributed by atoms with van der Waals surface area (Å²) in [6.45, 7) is 7.43. The summed E-state index contributed by atoms with van der Waals surface area (Å²) in [6, 6.07) is 11.9. The zero-order valence-corrected chi connectivity index (χ0v) is 15.8. The Morgan fingerprint density at radius 3 is 2.40 bits per heavy atom. The Kier molecular flexibility index (Phi) is 5.85. The van der Waals surface area contributed by atoms with E-state index in [2.05, 4.69) is 10.0 Å². The van der Waals surface area contributed by atoms with Crippen LogP contribution in [0.15, 0.2) is 47.4 Å². The molecule has 0 aliphatic heterocycles. The molecule has 2 aromatic carbocycles. The van der Waals surface area contributed by atoms with Crippen molar-refractivity contribution in [2.45, 2.75) is 45.1 Å². The van der Waals surface area contributed by atoms with E-state index in [1.54, 1.807) is 31.2 Å². The first-order valence-corrected chi connectivity index (χ1v) is 9.73. The van der Waals surface area contributed by atoms with Crippen molar-refractivity contribution in [3.8, 4) is 0 Å². The van der Waals surface area contributed by atoms with Gasteiger partial charge in [0.2, 0.25) is 0 Å². The van der Waals surface area contributed by atoms with Gasteiger partial charge in [0.15, 0.2) is 0 Å². The number of para-hydroxylation sites is 1. The fourth-order valence-corrected chi connectivity index (χ4v) is 3.73. The third-order valence-corrected chi connectivity index (χ3v) is 5.63. The van der Waals surface area contributed by atoms with Crippen molar-refractivity contribution in [3.05, 3.63) is 59.2 Å². The minimum Gasteiger partial charge on any atom is -0.350 e. The number of hydrogen-bond donors (Lipinski definition) is 2. The lowest BCUT2D eigenvalue weighted by atomic mass is 10.1. The molecule has 0 bridgehead atoms. The first-order chi connectivity index (χ1) is 11.7. The number of hydrogen-bond acceptors (Lipinski definition) is 3. The minimum absolute atomic E-state index is 0.0268. The van der Waals surface area contributed by atoms with Gasteiger partial charge in [-0.05, 0) is 56.5 Å². The molecule has 0 aromatic heterocycles. The fraction of sp³-hybridized carbons (Fsp3) is 0.316. The number of aryl methyl sites for hydroxylation is 2. The van der Waals surface area contributed by atoms with Crippen LogP contribution in [0, 0.1) is 13.8 Å². The molecule has 0 spiro atoms. The molecule has 0 fully saturated rings. The van der Waals surface area contributed by atoms with E-state index in [4.69, 9.17) is 0 Å². The van der Waals surface area contributed by atoms with Crippen LogP contribution in [0.3, 0.4) is 0 Å². The van der Waals surface area contributed by atoms with Gasteiger partial charge in [0.05, 0.1) is 10.6 Å². The van der Waals surface area contributed by atoms with Crippen molar-refractivity contribution in [1.29, 1.82) is 0 Å². The normalized spacial score (nSPS) is 12.5. The lowest BCUT2D eigenvalue weighted by Crippen LogP contribution is -2.32. The van der Waals surface area contributed by atoms with Gasteiger partial charge in [-0.3, -0.25) is 9.52 Å². The topological polar surface area (TPSA) is 75.3 Å². The van der Waals surface area contributed by atoms with Crippen LogP contribution in [0.1, 0.15) is 41.8 Å². The summed E-state index contributed by atoms with van der Waals surface area (Å²) >= 11 is 0. The van der Waals surface area contributed by atoms with Gasteiger partial charge in [-0.1, -0.05) is 31.2 Å². The third-order valence-electron chi connectivity index (χ3n) is 4.12. The first kappa shape index (κ1) is 19.0. The van der Waals surface area contributed by atoms with Crippen LogP contribution >= 0.6 is 0 Å². The molecule has 0 radical (unpaired) electrons. The number of amides is 1. The average Bonchev–Trinajstić information content (AvgIpc) is 2.56. The molecule has 2 rings (SSSR count). The van der Waals surface area contributed by atoms with Crippen LogP contribution in [-0.2, 0) is 10.0 Å². The van der Waals surface area contributed by atoms with Crippen molar-refractivity contribution in [2.75, 3.05) is 4.72 Å². The van der Waals surface area contributed by atoms with E-state index in [0.29, 0.717) is 16.8 Å². The summed E-state index contributed by atoms with van der Waals surface area (Å²) < 4.78 is 28.2. The second kappa shape index (κ2) is 7.70. The molecule has 6 heteroatoms. The van der Waals surface area contributed by atoms with Crippen molar-refractivity contribution < 1.29 is 13.2 Å². The Morgan fingerprint density at radius 1 is 1.08 bits per heavy atom. The predicted octanol–water partition coefficient (Wildman–Crippen LogP) is 3.63. The highest BCUT2D eigenvalue weighted by atomic mass is 32.2. The molecule has 0 aliphatic rings. The molecule has 5 nitrogen and oxygen atoms in total. The van der Waals surface area contributed by atoms with Crippen LogP contribution in [0.2, 0.25) is 0 Å². The number of carbonyl (C=O) groups excluding carboxylic acids is 1. The van der Waals surface area contributed by atoms with E-state index < -0.39 is 10.0 Å². The van der Waals surface area contributed by atoms with Crippen LogP contribution < -0.4 is 10.0 Å². The lowest BCUT2D eigenvalue weighted by molar-refractivity contribution is 0.0939. The fourth-order valence-electron chi connectivity index (χ4n) is 2.33. The Hall–Kier alpha value is -2.34. The van der Waals surface area contributed by atoms with Gasteiger partial charge in [-0.25, -0.2) is 8.42 Å². The number of sulfonamides is 1. The van der Waals surface area contributed by atoms with Crippen LogP contribution in [0.4, 0.5) is 5.69 Å². The predicted molar refractivity (Wildman–Crippen MR) is 100 cm³/mol. The Bertz CT molecular complexity index is 876. The highest BCUT2D eigenvalue weighted by Gasteiger charge is 2.20. The Balaban J connectivity index is 2.36. The zero-order chi connectivity index (χ0) is 18.6. The zero-order valence-electron chi connectivity index (χ0n) is 15.0. The van der Waals surface area contributed by atoms with E-state index in [1.807, 2.05) is 32.9 Å². The van der Waals surface area contributed by atoms with Crippen LogP contribution in [0.5, 0.6) is 0 Å². The molecule has 0 aliphatic carbocycles. The maximum Gasteiger partial charge on any atom is 0.262 e. The number of anilines is 1. The first-order valence-electron chi connectivity index (χ1n) is 8.24. The van der Waals surface area contributed by atoms with Crippen molar-refractivity contribution in [1.82, 2.24) is 5.32 Å². The number of carbonyl (C=O) groups is 1. The third kappa shape index (κ3) is 4.60. The summed E-state index contributed by atoms with van der Waals surface area (Å²) in [5.41, 5.74) is 2.27. The summed E-state index contributed by atoms with van der Waals surface area (Å²) in [6.07, 6.45) is 0.803. The number of nitrogens with one attached hydrogen (secondary N) is 2. The van der Waals surface area contributed by atoms with E-state index in [-0.39, 0.29) is 16.8 Å². The molecule has 0 unspecified atom stereocenters. The molecule has 1 atom stereocenters. The molecular formula is C19H24N2O3S. The molecule has 2 N–H and O–H groups in total. The van der Waals surface area contributed by atoms with E-state index in [9.17, 15) is 13.2 Å². The maximum absolute atomic E-state index is 12.8. The van der Waals surface area contributed by atoms with E-state index in [0.717, 1.165) is 12.0 Å². The van der Waals surface area contributed by atoms with Crippen LogP contribution in [0.25, 0.3) is 0 Å². The summed E-state index contributed by atoms with van der Waals surface area (Å²) in [4.78, 5) is 12.4. The highest BCUT2D eigenvalue weighted by Crippen LogP contribution is 2.22. The Morgan fingerprint density at radius 2 is 1.76 bits per heavy atom. The largest absolute Gasteiger partial charge is 0.350 e. The second-order valence-corrected chi connectivity index (χ2v) is 7.83. The monoisotopic (exact) mass is 360 g/mol. The summed E-state index contributed by atoms with van der Waals surface area (Å²) in [7, 11) is -3.79. The van der Waals surface area contributed by atoms with Crippen molar-refractivity contribution in [2.24, 2.45) is 0 Å². The van der Waals surface area contributed by atoms with Gasteiger partial charge in [-0.15, -0.1) is 0 Å². The van der Waals surface area contributed by atoms with Gasteiger partial charge in [-0.2, -0.15) is 0 Å². The van der Waals surface area contributed by atoms with Gasteiger partial charge in [0.25, 0.3) is 15.9 Å². The number of rotatable bonds is 6. The van der Waals surface area contributed by atoms with E-state index >= 15 is 0 Å². The molecular weight excluding hydrogens is 336 g/mol. The molecule has 1 amide bonds. The molecule has 25 heavy (non-hydrogen) atoms. The maximum atomic E-state index is 12.8.